The van der Waals surface area contributed by atoms with E-state index in [2.05, 4.69) is 29.8 Å². The number of rotatable bonds is 1. The Morgan fingerprint density at radius 1 is 1.06 bits per heavy atom. The minimum atomic E-state index is -1.33. The van der Waals surface area contributed by atoms with Crippen LogP contribution in [0, 0.1) is 5.92 Å². The van der Waals surface area contributed by atoms with Crippen LogP contribution in [-0.4, -0.2) is 51.9 Å². The van der Waals surface area contributed by atoms with Gasteiger partial charge in [-0.05, 0) is 92.7 Å². The third kappa shape index (κ3) is 5.39. The van der Waals surface area contributed by atoms with Crippen molar-refractivity contribution in [2.24, 2.45) is 11.7 Å². The van der Waals surface area contributed by atoms with Gasteiger partial charge in [0.2, 0.25) is 0 Å². The van der Waals surface area contributed by atoms with Crippen LogP contribution in [-0.2, 0) is 11.8 Å². The maximum atomic E-state index is 10.3. The van der Waals surface area contributed by atoms with Gasteiger partial charge in [0.15, 0.2) is 0 Å². The van der Waals surface area contributed by atoms with Crippen LogP contribution in [0.3, 0.4) is 0 Å². The van der Waals surface area contributed by atoms with E-state index in [1.165, 1.54) is 68.3 Å². The Kier molecular flexibility index (Phi) is 7.48. The van der Waals surface area contributed by atoms with E-state index in [0.717, 1.165) is 12.0 Å². The zero-order valence-electron chi connectivity index (χ0n) is 18.9. The number of nitrogen functional groups attached to an aromatic ring is 1. The summed E-state index contributed by atoms with van der Waals surface area (Å²) < 4.78 is 0. The lowest BCUT2D eigenvalue weighted by Gasteiger charge is -2.58. The molecule has 2 aromatic carbocycles. The molecule has 2 bridgehead atoms. The molecule has 3 aliphatic rings. The number of hydrogen-bond acceptors (Lipinski definition) is 5. The van der Waals surface area contributed by atoms with Crippen LogP contribution in [0.5, 0.6) is 5.75 Å². The highest BCUT2D eigenvalue weighted by Gasteiger charge is 2.52. The quantitative estimate of drug-likeness (QED) is 0.412. The summed E-state index contributed by atoms with van der Waals surface area (Å²) >= 11 is 0. The van der Waals surface area contributed by atoms with E-state index in [0.29, 0.717) is 16.9 Å². The first-order valence-corrected chi connectivity index (χ1v) is 11.2. The fourth-order valence-corrected chi connectivity index (χ4v) is 5.81. The molecular weight excluding hydrogens is 422 g/mol. The molecule has 2 aromatic rings. The number of phenols is 1. The fraction of sp³-hybridized carbons (Fsp3) is 0.440. The summed E-state index contributed by atoms with van der Waals surface area (Å²) in [5.74, 6) is 0.337. The van der Waals surface area contributed by atoms with Gasteiger partial charge in [-0.25, -0.2) is 9.59 Å². The van der Waals surface area contributed by atoms with Crippen molar-refractivity contribution in [3.05, 3.63) is 59.2 Å². The van der Waals surface area contributed by atoms with Gasteiger partial charge in [-0.3, -0.25) is 0 Å². The van der Waals surface area contributed by atoms with E-state index in [1.54, 1.807) is 12.1 Å². The molecule has 0 aromatic heterocycles. The topological polar surface area (TPSA) is 150 Å². The maximum Gasteiger partial charge on any atom is 0.402 e. The zero-order valence-corrected chi connectivity index (χ0v) is 18.9. The monoisotopic (exact) mass is 455 g/mol. The molecule has 7 N–H and O–H groups in total. The van der Waals surface area contributed by atoms with Gasteiger partial charge in [0.05, 0.1) is 5.56 Å². The van der Waals surface area contributed by atoms with Gasteiger partial charge >= 0.3 is 12.1 Å². The number of likely N-dealkylation sites (N-methyl/N-ethyl adjacent to an activating group) is 1. The van der Waals surface area contributed by atoms with Gasteiger partial charge in [0.25, 0.3) is 0 Å². The minimum absolute atomic E-state index is 0.259. The number of fused-ring (bicyclic) bond motifs is 1. The van der Waals surface area contributed by atoms with Crippen LogP contribution in [0.25, 0.3) is 0 Å². The van der Waals surface area contributed by atoms with E-state index >= 15 is 0 Å². The number of piperidine rings is 1. The molecule has 8 nitrogen and oxygen atoms in total. The van der Waals surface area contributed by atoms with Gasteiger partial charge in [0, 0.05) is 17.1 Å². The molecule has 33 heavy (non-hydrogen) atoms. The predicted octanol–water partition coefficient (Wildman–Crippen LogP) is 3.67. The van der Waals surface area contributed by atoms with Gasteiger partial charge in [0.1, 0.15) is 5.75 Å². The van der Waals surface area contributed by atoms with Crippen LogP contribution in [0.15, 0.2) is 42.5 Å². The van der Waals surface area contributed by atoms with Gasteiger partial charge in [-0.2, -0.15) is 0 Å². The van der Waals surface area contributed by atoms with Crippen LogP contribution in [0.4, 0.5) is 10.5 Å². The van der Waals surface area contributed by atoms with Crippen molar-refractivity contribution in [2.45, 2.75) is 50.0 Å². The molecule has 3 atom stereocenters. The molecule has 1 saturated heterocycles. The number of primary amides is 1. The van der Waals surface area contributed by atoms with Crippen molar-refractivity contribution in [3.8, 4) is 5.75 Å². The van der Waals surface area contributed by atoms with Crippen LogP contribution in [0.1, 0.15) is 53.6 Å². The van der Waals surface area contributed by atoms with Gasteiger partial charge < -0.3 is 31.7 Å². The summed E-state index contributed by atoms with van der Waals surface area (Å²) in [5.41, 5.74) is 13.6. The lowest BCUT2D eigenvalue weighted by atomic mass is 9.52. The Morgan fingerprint density at radius 3 is 2.36 bits per heavy atom. The summed E-state index contributed by atoms with van der Waals surface area (Å²) in [7, 11) is 2.30. The molecule has 1 saturated carbocycles. The lowest BCUT2D eigenvalue weighted by Crippen LogP contribution is -2.59. The lowest BCUT2D eigenvalue weighted by molar-refractivity contribution is 0.00274. The van der Waals surface area contributed by atoms with Crippen molar-refractivity contribution in [2.75, 3.05) is 19.3 Å². The summed E-state index contributed by atoms with van der Waals surface area (Å²) in [6.45, 7) is 1.22. The standard InChI is InChI=1S/C17H23NO.C7H7NO2.CH3NO2/c1-18-9-8-17-7-3-2-4-14(17)16(18)10-12-5-6-13(19)11-15(12)17;8-6-3-1-5(2-4-6)7(9)10;2-1(3)4/h5-6,11,14,16,19H,2-4,7-10H2,1H3;1-4H,8H2,(H,9,10);2H2,(H,3,4)/t14-,16+,17+;;/m0../s1. The first-order valence-electron chi connectivity index (χ1n) is 11.2. The minimum Gasteiger partial charge on any atom is -0.508 e. The average Bonchev–Trinajstić information content (AvgIpc) is 2.77. The number of aromatic carboxylic acids is 1. The number of anilines is 1. The van der Waals surface area contributed by atoms with Crippen LogP contribution >= 0.6 is 0 Å². The number of amides is 1. The Hall–Kier alpha value is -3.26. The molecular formula is C25H33N3O5. The number of aromatic hydroxyl groups is 1. The van der Waals surface area contributed by atoms with Gasteiger partial charge in [-0.1, -0.05) is 18.9 Å². The molecule has 1 heterocycles. The second kappa shape index (κ2) is 10.1. The number of carbonyl (C=O) groups is 2. The third-order valence-corrected chi connectivity index (χ3v) is 7.26. The van der Waals surface area contributed by atoms with Crippen LogP contribution in [0.2, 0.25) is 0 Å². The molecule has 0 unspecified atom stereocenters. The first kappa shape index (κ1) is 24.4. The number of hydrogen-bond donors (Lipinski definition) is 5. The van der Waals surface area contributed by atoms with Crippen LogP contribution < -0.4 is 11.5 Å². The van der Waals surface area contributed by atoms with Crippen molar-refractivity contribution >= 4 is 17.7 Å². The van der Waals surface area contributed by atoms with Crippen molar-refractivity contribution in [1.82, 2.24) is 4.90 Å². The van der Waals surface area contributed by atoms with Crippen molar-refractivity contribution < 1.29 is 24.9 Å². The van der Waals surface area contributed by atoms with E-state index in [-0.39, 0.29) is 5.56 Å². The number of carboxylic acids is 1. The maximum absolute atomic E-state index is 10.3. The first-order chi connectivity index (χ1) is 15.6. The molecule has 2 aliphatic carbocycles. The summed E-state index contributed by atoms with van der Waals surface area (Å²) in [5, 5.41) is 25.5. The van der Waals surface area contributed by atoms with Gasteiger partial charge in [-0.15, -0.1) is 0 Å². The molecule has 5 rings (SSSR count). The second-order valence-corrected chi connectivity index (χ2v) is 9.12. The summed E-state index contributed by atoms with van der Waals surface area (Å²) in [6.07, 6.45) is 6.59. The second-order valence-electron chi connectivity index (χ2n) is 9.12. The fourth-order valence-electron chi connectivity index (χ4n) is 5.81. The highest BCUT2D eigenvalue weighted by Crippen LogP contribution is 2.55. The zero-order chi connectivity index (χ0) is 24.2. The number of phenolic OH excluding ortho intramolecular Hbond substituents is 1. The average molecular weight is 456 g/mol. The largest absolute Gasteiger partial charge is 0.508 e. The normalized spacial score (nSPS) is 25.1. The Balaban J connectivity index is 0.000000185. The summed E-state index contributed by atoms with van der Waals surface area (Å²) in [4.78, 5) is 21.6. The van der Waals surface area contributed by atoms with E-state index in [4.69, 9.17) is 20.7 Å². The number of nitrogens with zero attached hydrogens (tertiary/aromatic N) is 1. The molecule has 1 aliphatic heterocycles. The number of likely N-dealkylation sites (tertiary alicyclic amines) is 1. The SMILES string of the molecule is CN1CC[C@]23CCCC[C@H]2[C@H]1Cc1ccc(O)cc13.NC(=O)O.Nc1ccc(C(=O)O)cc1. The molecule has 0 radical (unpaired) electrons. The highest BCUT2D eigenvalue weighted by molar-refractivity contribution is 5.87. The van der Waals surface area contributed by atoms with E-state index < -0.39 is 12.1 Å². The molecule has 0 spiro atoms. The highest BCUT2D eigenvalue weighted by atomic mass is 16.4. The Labute approximate surface area is 193 Å². The molecule has 8 heteroatoms. The smallest absolute Gasteiger partial charge is 0.402 e. The number of nitrogens with two attached hydrogens (primary N) is 2. The Bertz CT molecular complexity index is 990. The van der Waals surface area contributed by atoms with Crippen molar-refractivity contribution in [3.63, 3.8) is 0 Å². The Morgan fingerprint density at radius 2 is 1.73 bits per heavy atom. The number of benzene rings is 2. The number of carboxylic acid groups (broad SMARTS) is 2. The predicted molar refractivity (Wildman–Crippen MR) is 127 cm³/mol. The summed E-state index contributed by atoms with van der Waals surface area (Å²) in [6, 6.07) is 12.9. The molecule has 178 valence electrons. The van der Waals surface area contributed by atoms with E-state index in [1.807, 2.05) is 6.07 Å². The third-order valence-electron chi connectivity index (χ3n) is 7.26. The van der Waals surface area contributed by atoms with Crippen molar-refractivity contribution in [1.29, 1.82) is 0 Å². The molecule has 1 amide bonds. The van der Waals surface area contributed by atoms with E-state index in [9.17, 15) is 9.90 Å². The molecule has 2 fully saturated rings.